The highest BCUT2D eigenvalue weighted by atomic mass is 16.5. The van der Waals surface area contributed by atoms with Crippen molar-refractivity contribution >= 4 is 11.4 Å². The van der Waals surface area contributed by atoms with Crippen LogP contribution in [0.5, 0.6) is 11.5 Å². The Morgan fingerprint density at radius 1 is 0.727 bits per heavy atom. The van der Waals surface area contributed by atoms with Crippen LogP contribution in [-0.2, 0) is 13.0 Å². The van der Waals surface area contributed by atoms with Gasteiger partial charge in [0, 0.05) is 36.4 Å². The van der Waals surface area contributed by atoms with Crippen LogP contribution in [0.25, 0.3) is 0 Å². The molecule has 1 aromatic heterocycles. The molecule has 0 N–H and O–H groups in total. The highest BCUT2D eigenvalue weighted by Gasteiger charge is 2.14. The number of aryl methyl sites for hydroxylation is 1. The lowest BCUT2D eigenvalue weighted by atomic mass is 10.1. The first-order valence-electron chi connectivity index (χ1n) is 11.4. The maximum Gasteiger partial charge on any atom is 0.163 e. The Hall–Kier alpha value is -3.79. The van der Waals surface area contributed by atoms with Gasteiger partial charge in [0.05, 0.1) is 13.7 Å². The van der Waals surface area contributed by atoms with Gasteiger partial charge in [-0.15, -0.1) is 0 Å². The predicted molar refractivity (Wildman–Crippen MR) is 134 cm³/mol. The molecule has 4 heteroatoms. The summed E-state index contributed by atoms with van der Waals surface area (Å²) < 4.78 is 11.8. The van der Waals surface area contributed by atoms with Crippen molar-refractivity contribution in [1.82, 2.24) is 4.98 Å². The molecule has 0 aliphatic rings. The van der Waals surface area contributed by atoms with Crippen LogP contribution in [0.3, 0.4) is 0 Å². The third kappa shape index (κ3) is 6.36. The van der Waals surface area contributed by atoms with Crippen LogP contribution in [0.15, 0.2) is 103 Å². The second kappa shape index (κ2) is 11.7. The summed E-state index contributed by atoms with van der Waals surface area (Å²) >= 11 is 0. The van der Waals surface area contributed by atoms with Crippen molar-refractivity contribution in [3.8, 4) is 11.5 Å². The lowest BCUT2D eigenvalue weighted by Gasteiger charge is -2.26. The minimum absolute atomic E-state index is 0.653. The monoisotopic (exact) mass is 438 g/mol. The first kappa shape index (κ1) is 22.4. The number of ether oxygens (including phenoxy) is 2. The lowest BCUT2D eigenvalue weighted by molar-refractivity contribution is 0.286. The Balaban J connectivity index is 1.48. The van der Waals surface area contributed by atoms with E-state index in [1.807, 2.05) is 24.4 Å². The van der Waals surface area contributed by atoms with Crippen molar-refractivity contribution in [3.63, 3.8) is 0 Å². The number of unbranched alkanes of at least 4 members (excludes halogenated alkanes) is 1. The van der Waals surface area contributed by atoms with Gasteiger partial charge in [-0.2, -0.15) is 0 Å². The van der Waals surface area contributed by atoms with Crippen molar-refractivity contribution in [2.45, 2.75) is 25.8 Å². The molecule has 0 unspecified atom stereocenters. The number of nitrogens with zero attached hydrogens (tertiary/aromatic N) is 2. The summed E-state index contributed by atoms with van der Waals surface area (Å²) in [5.74, 6) is 1.51. The number of para-hydroxylation sites is 1. The molecule has 1 heterocycles. The number of rotatable bonds is 11. The number of benzene rings is 3. The van der Waals surface area contributed by atoms with Crippen molar-refractivity contribution in [3.05, 3.63) is 115 Å². The molecule has 4 nitrogen and oxygen atoms in total. The normalized spacial score (nSPS) is 10.6. The fourth-order valence-corrected chi connectivity index (χ4v) is 3.82. The molecule has 0 spiro atoms. The van der Waals surface area contributed by atoms with Crippen molar-refractivity contribution in [2.75, 3.05) is 18.6 Å². The zero-order valence-electron chi connectivity index (χ0n) is 19.1. The van der Waals surface area contributed by atoms with E-state index in [-0.39, 0.29) is 0 Å². The lowest BCUT2D eigenvalue weighted by Crippen LogP contribution is -2.16. The van der Waals surface area contributed by atoms with Crippen LogP contribution < -0.4 is 14.4 Å². The highest BCUT2D eigenvalue weighted by Crippen LogP contribution is 2.35. The van der Waals surface area contributed by atoms with Gasteiger partial charge in [-0.3, -0.25) is 4.98 Å². The molecule has 0 amide bonds. The number of hydrogen-bond acceptors (Lipinski definition) is 4. The molecule has 0 aliphatic carbocycles. The third-order valence-electron chi connectivity index (χ3n) is 5.55. The quantitative estimate of drug-likeness (QED) is 0.240. The Bertz CT molecular complexity index is 1100. The zero-order valence-corrected chi connectivity index (χ0v) is 19.1. The van der Waals surface area contributed by atoms with Crippen LogP contribution in [0.1, 0.15) is 24.0 Å². The van der Waals surface area contributed by atoms with E-state index in [0.29, 0.717) is 13.2 Å². The van der Waals surface area contributed by atoms with E-state index in [4.69, 9.17) is 9.47 Å². The van der Waals surface area contributed by atoms with E-state index in [9.17, 15) is 0 Å². The molecule has 0 aliphatic heterocycles. The molecule has 4 rings (SSSR count). The Kier molecular flexibility index (Phi) is 7.96. The van der Waals surface area contributed by atoms with E-state index in [0.717, 1.165) is 47.7 Å². The number of aromatic nitrogens is 1. The molecule has 0 radical (unpaired) electrons. The number of anilines is 2. The van der Waals surface area contributed by atoms with Gasteiger partial charge in [0.2, 0.25) is 0 Å². The maximum absolute atomic E-state index is 6.18. The summed E-state index contributed by atoms with van der Waals surface area (Å²) in [6, 6.07) is 31.1. The Labute approximate surface area is 196 Å². The van der Waals surface area contributed by atoms with E-state index >= 15 is 0 Å². The van der Waals surface area contributed by atoms with E-state index in [1.54, 1.807) is 13.3 Å². The summed E-state index contributed by atoms with van der Waals surface area (Å²) in [6.07, 6.45) is 6.84. The SMILES string of the molecule is COc1ccc(N(Cc2cccnc2)c2ccccc2)cc1OCCCCc1ccccc1. The van der Waals surface area contributed by atoms with Crippen LogP contribution in [-0.4, -0.2) is 18.7 Å². The first-order chi connectivity index (χ1) is 16.3. The third-order valence-corrected chi connectivity index (χ3v) is 5.55. The number of pyridine rings is 1. The maximum atomic E-state index is 6.18. The van der Waals surface area contributed by atoms with Crippen LogP contribution in [0, 0.1) is 0 Å². The first-order valence-corrected chi connectivity index (χ1v) is 11.4. The number of methoxy groups -OCH3 is 1. The largest absolute Gasteiger partial charge is 0.493 e. The van der Waals surface area contributed by atoms with Gasteiger partial charge < -0.3 is 14.4 Å². The van der Waals surface area contributed by atoms with E-state index < -0.39 is 0 Å². The summed E-state index contributed by atoms with van der Waals surface area (Å²) in [4.78, 5) is 6.54. The molecule has 33 heavy (non-hydrogen) atoms. The summed E-state index contributed by atoms with van der Waals surface area (Å²) in [5.41, 5.74) is 4.66. The average molecular weight is 439 g/mol. The second-order valence-electron chi connectivity index (χ2n) is 7.91. The minimum atomic E-state index is 0.653. The topological polar surface area (TPSA) is 34.6 Å². The molecule has 0 saturated carbocycles. The zero-order chi connectivity index (χ0) is 22.7. The number of hydrogen-bond donors (Lipinski definition) is 0. The Morgan fingerprint density at radius 3 is 2.21 bits per heavy atom. The summed E-state index contributed by atoms with van der Waals surface area (Å²) in [6.45, 7) is 1.36. The van der Waals surface area contributed by atoms with Crippen LogP contribution in [0.2, 0.25) is 0 Å². The molecule has 0 atom stereocenters. The predicted octanol–water partition coefficient (Wildman–Crippen LogP) is 6.83. The van der Waals surface area contributed by atoms with Gasteiger partial charge in [-0.1, -0.05) is 54.6 Å². The van der Waals surface area contributed by atoms with Gasteiger partial charge in [-0.25, -0.2) is 0 Å². The standard InChI is InChI=1S/C29H30N2O2/c1-32-28-18-17-27(21-29(28)33-20-9-8-13-24-11-4-2-5-12-24)31(26-15-6-3-7-16-26)23-25-14-10-19-30-22-25/h2-7,10-12,14-19,21-22H,8-9,13,20,23H2,1H3. The van der Waals surface area contributed by atoms with E-state index in [1.165, 1.54) is 5.56 Å². The van der Waals surface area contributed by atoms with Gasteiger partial charge >= 0.3 is 0 Å². The van der Waals surface area contributed by atoms with Gasteiger partial charge in [-0.05, 0) is 60.7 Å². The van der Waals surface area contributed by atoms with Crippen molar-refractivity contribution < 1.29 is 9.47 Å². The van der Waals surface area contributed by atoms with Crippen molar-refractivity contribution in [1.29, 1.82) is 0 Å². The molecular weight excluding hydrogens is 408 g/mol. The molecule has 0 bridgehead atoms. The summed E-state index contributed by atoms with van der Waals surface area (Å²) in [7, 11) is 1.68. The molecule has 0 saturated heterocycles. The fraction of sp³-hybridized carbons (Fsp3) is 0.207. The smallest absolute Gasteiger partial charge is 0.163 e. The molecular formula is C29H30N2O2. The average Bonchev–Trinajstić information content (AvgIpc) is 2.89. The molecule has 3 aromatic carbocycles. The summed E-state index contributed by atoms with van der Waals surface area (Å²) in [5, 5.41) is 0. The minimum Gasteiger partial charge on any atom is -0.493 e. The van der Waals surface area contributed by atoms with Gasteiger partial charge in [0.15, 0.2) is 11.5 Å². The van der Waals surface area contributed by atoms with E-state index in [2.05, 4.69) is 82.7 Å². The second-order valence-corrected chi connectivity index (χ2v) is 7.91. The Morgan fingerprint density at radius 2 is 1.48 bits per heavy atom. The van der Waals surface area contributed by atoms with Crippen LogP contribution in [0.4, 0.5) is 11.4 Å². The highest BCUT2D eigenvalue weighted by molar-refractivity contribution is 5.66. The molecule has 4 aromatic rings. The molecule has 168 valence electrons. The molecule has 0 fully saturated rings. The van der Waals surface area contributed by atoms with Crippen molar-refractivity contribution in [2.24, 2.45) is 0 Å². The van der Waals surface area contributed by atoms with Crippen LogP contribution >= 0.6 is 0 Å². The van der Waals surface area contributed by atoms with Gasteiger partial charge in [0.25, 0.3) is 0 Å². The fourth-order valence-electron chi connectivity index (χ4n) is 3.82. The van der Waals surface area contributed by atoms with Gasteiger partial charge in [0.1, 0.15) is 0 Å².